The molecular weight excluding hydrogens is 221 g/mol. The van der Waals surface area contributed by atoms with Crippen LogP contribution in [0, 0.1) is 5.95 Å². The topological polar surface area (TPSA) is 39.2 Å². The van der Waals surface area contributed by atoms with Crippen LogP contribution in [-0.2, 0) is 0 Å². The average Bonchev–Trinajstić information content (AvgIpc) is 2.39. The molecule has 0 spiro atoms. The molecule has 0 unspecified atom stereocenters. The Morgan fingerprint density at radius 1 is 1.29 bits per heavy atom. The Balaban J connectivity index is 2.55. The van der Waals surface area contributed by atoms with Gasteiger partial charge in [-0.25, -0.2) is 4.98 Å². The maximum absolute atomic E-state index is 12.7. The smallest absolute Gasteiger partial charge is 0.212 e. The lowest BCUT2D eigenvalue weighted by molar-refractivity contribution is 0.112. The zero-order chi connectivity index (χ0) is 12.3. The summed E-state index contributed by atoms with van der Waals surface area (Å²) in [4.78, 5) is 14.3. The highest BCUT2D eigenvalue weighted by Crippen LogP contribution is 2.30. The number of ether oxygens (including phenoxy) is 1. The molecule has 1 aromatic heterocycles. The first-order valence-corrected chi connectivity index (χ1v) is 4.99. The minimum atomic E-state index is -0.542. The van der Waals surface area contributed by atoms with E-state index in [1.165, 1.54) is 19.4 Å². The SMILES string of the molecule is COc1ccc(C=O)cc1-c1ccc(F)nc1. The van der Waals surface area contributed by atoms with Crippen molar-refractivity contribution in [2.24, 2.45) is 0 Å². The van der Waals surface area contributed by atoms with Crippen LogP contribution in [0.1, 0.15) is 10.4 Å². The van der Waals surface area contributed by atoms with Crippen LogP contribution in [0.25, 0.3) is 11.1 Å². The summed E-state index contributed by atoms with van der Waals surface area (Å²) in [5.41, 5.74) is 1.95. The first kappa shape index (κ1) is 11.3. The number of pyridine rings is 1. The first-order valence-electron chi connectivity index (χ1n) is 4.99. The molecule has 0 amide bonds. The summed E-state index contributed by atoms with van der Waals surface area (Å²) in [5, 5.41) is 0. The Labute approximate surface area is 97.9 Å². The van der Waals surface area contributed by atoms with Crippen LogP contribution >= 0.6 is 0 Å². The average molecular weight is 231 g/mol. The standard InChI is InChI=1S/C13H10FNO2/c1-17-12-4-2-9(8-16)6-11(12)10-3-5-13(14)15-7-10/h2-8H,1H3. The lowest BCUT2D eigenvalue weighted by Crippen LogP contribution is -1.91. The van der Waals surface area contributed by atoms with Gasteiger partial charge in [-0.05, 0) is 30.3 Å². The van der Waals surface area contributed by atoms with Crippen molar-refractivity contribution < 1.29 is 13.9 Å². The number of aldehydes is 1. The van der Waals surface area contributed by atoms with Crippen molar-refractivity contribution in [3.63, 3.8) is 0 Å². The molecule has 86 valence electrons. The van der Waals surface area contributed by atoms with Gasteiger partial charge in [-0.2, -0.15) is 4.39 Å². The fraction of sp³-hybridized carbons (Fsp3) is 0.0769. The van der Waals surface area contributed by atoms with E-state index in [9.17, 15) is 9.18 Å². The van der Waals surface area contributed by atoms with Crippen LogP contribution in [-0.4, -0.2) is 18.4 Å². The molecule has 1 aromatic carbocycles. The Bertz CT molecular complexity index is 538. The van der Waals surface area contributed by atoms with Crippen molar-refractivity contribution in [1.82, 2.24) is 4.98 Å². The van der Waals surface area contributed by atoms with Crippen molar-refractivity contribution in [3.8, 4) is 16.9 Å². The number of carbonyl (C=O) groups is 1. The summed E-state index contributed by atoms with van der Waals surface area (Å²) in [7, 11) is 1.54. The van der Waals surface area contributed by atoms with E-state index in [1.54, 1.807) is 24.3 Å². The maximum atomic E-state index is 12.7. The van der Waals surface area contributed by atoms with Gasteiger partial charge in [0.15, 0.2) is 0 Å². The summed E-state index contributed by atoms with van der Waals surface area (Å²) >= 11 is 0. The Hall–Kier alpha value is -2.23. The third kappa shape index (κ3) is 2.30. The van der Waals surface area contributed by atoms with Gasteiger partial charge in [0.05, 0.1) is 7.11 Å². The largest absolute Gasteiger partial charge is 0.496 e. The summed E-state index contributed by atoms with van der Waals surface area (Å²) in [6, 6.07) is 7.90. The fourth-order valence-corrected chi connectivity index (χ4v) is 1.56. The molecule has 1 heterocycles. The Kier molecular flexibility index (Phi) is 3.14. The number of nitrogens with zero attached hydrogens (tertiary/aromatic N) is 1. The van der Waals surface area contributed by atoms with Gasteiger partial charge in [-0.3, -0.25) is 4.79 Å². The van der Waals surface area contributed by atoms with Crippen molar-refractivity contribution in [3.05, 3.63) is 48.0 Å². The molecule has 4 heteroatoms. The zero-order valence-corrected chi connectivity index (χ0v) is 9.18. The predicted octanol–water partition coefficient (Wildman–Crippen LogP) is 2.71. The molecule has 2 aromatic rings. The molecule has 0 N–H and O–H groups in total. The number of hydrogen-bond acceptors (Lipinski definition) is 3. The molecule has 0 aliphatic rings. The molecule has 0 radical (unpaired) electrons. The van der Waals surface area contributed by atoms with Crippen molar-refractivity contribution >= 4 is 6.29 Å². The van der Waals surface area contributed by atoms with Gasteiger partial charge >= 0.3 is 0 Å². The van der Waals surface area contributed by atoms with Gasteiger partial charge in [0.25, 0.3) is 0 Å². The monoisotopic (exact) mass is 231 g/mol. The van der Waals surface area contributed by atoms with Gasteiger partial charge in [0, 0.05) is 22.9 Å². The van der Waals surface area contributed by atoms with Crippen LogP contribution in [0.4, 0.5) is 4.39 Å². The van der Waals surface area contributed by atoms with Gasteiger partial charge < -0.3 is 4.74 Å². The first-order chi connectivity index (χ1) is 8.24. The summed E-state index contributed by atoms with van der Waals surface area (Å²) in [6.45, 7) is 0. The maximum Gasteiger partial charge on any atom is 0.212 e. The molecule has 2 rings (SSSR count). The Morgan fingerprint density at radius 2 is 2.12 bits per heavy atom. The van der Waals surface area contributed by atoms with Crippen LogP contribution < -0.4 is 4.74 Å². The van der Waals surface area contributed by atoms with Crippen molar-refractivity contribution in [1.29, 1.82) is 0 Å². The Morgan fingerprint density at radius 3 is 2.71 bits per heavy atom. The minimum Gasteiger partial charge on any atom is -0.496 e. The normalized spacial score (nSPS) is 10.0. The van der Waals surface area contributed by atoms with E-state index < -0.39 is 5.95 Å². The second kappa shape index (κ2) is 4.74. The highest BCUT2D eigenvalue weighted by atomic mass is 19.1. The number of methoxy groups -OCH3 is 1. The van der Waals surface area contributed by atoms with Crippen LogP contribution in [0.5, 0.6) is 5.75 Å². The number of aromatic nitrogens is 1. The van der Waals surface area contributed by atoms with Gasteiger partial charge in [0.1, 0.15) is 12.0 Å². The van der Waals surface area contributed by atoms with Gasteiger partial charge in [-0.1, -0.05) is 0 Å². The van der Waals surface area contributed by atoms with Crippen LogP contribution in [0.2, 0.25) is 0 Å². The van der Waals surface area contributed by atoms with E-state index in [0.29, 0.717) is 22.4 Å². The molecule has 0 atom stereocenters. The highest BCUT2D eigenvalue weighted by Gasteiger charge is 2.07. The van der Waals surface area contributed by atoms with E-state index in [0.717, 1.165) is 6.29 Å². The van der Waals surface area contributed by atoms with Crippen molar-refractivity contribution in [2.45, 2.75) is 0 Å². The minimum absolute atomic E-state index is 0.533. The molecule has 0 saturated carbocycles. The quantitative estimate of drug-likeness (QED) is 0.602. The molecule has 0 fully saturated rings. The van der Waals surface area contributed by atoms with Crippen LogP contribution in [0.3, 0.4) is 0 Å². The lowest BCUT2D eigenvalue weighted by atomic mass is 10.0. The molecule has 3 nitrogen and oxygen atoms in total. The molecule has 17 heavy (non-hydrogen) atoms. The summed E-state index contributed by atoms with van der Waals surface area (Å²) in [5.74, 6) is 0.0725. The van der Waals surface area contributed by atoms with Crippen molar-refractivity contribution in [2.75, 3.05) is 7.11 Å². The second-order valence-corrected chi connectivity index (χ2v) is 3.45. The fourth-order valence-electron chi connectivity index (χ4n) is 1.56. The number of rotatable bonds is 3. The second-order valence-electron chi connectivity index (χ2n) is 3.45. The van der Waals surface area contributed by atoms with E-state index in [2.05, 4.69) is 4.98 Å². The molecule has 0 aliphatic heterocycles. The van der Waals surface area contributed by atoms with E-state index in [4.69, 9.17) is 4.74 Å². The van der Waals surface area contributed by atoms with Crippen LogP contribution in [0.15, 0.2) is 36.5 Å². The number of hydrogen-bond donors (Lipinski definition) is 0. The molecule has 0 saturated heterocycles. The third-order valence-electron chi connectivity index (χ3n) is 2.40. The van der Waals surface area contributed by atoms with Gasteiger partial charge in [0.2, 0.25) is 5.95 Å². The predicted molar refractivity (Wildman–Crippen MR) is 61.6 cm³/mol. The highest BCUT2D eigenvalue weighted by molar-refractivity contribution is 5.81. The lowest BCUT2D eigenvalue weighted by Gasteiger charge is -2.08. The number of halogens is 1. The number of benzene rings is 1. The van der Waals surface area contributed by atoms with Gasteiger partial charge in [-0.15, -0.1) is 0 Å². The van der Waals surface area contributed by atoms with E-state index >= 15 is 0 Å². The molecule has 0 aliphatic carbocycles. The van der Waals surface area contributed by atoms with E-state index in [-0.39, 0.29) is 0 Å². The molecule has 0 bridgehead atoms. The van der Waals surface area contributed by atoms with E-state index in [1.807, 2.05) is 0 Å². The molecular formula is C13H10FNO2. The summed E-state index contributed by atoms with van der Waals surface area (Å²) < 4.78 is 17.9. The zero-order valence-electron chi connectivity index (χ0n) is 9.18. The third-order valence-corrected chi connectivity index (χ3v) is 2.40. The summed E-state index contributed by atoms with van der Waals surface area (Å²) in [6.07, 6.45) is 2.15. The number of carbonyl (C=O) groups excluding carboxylic acids is 1.